The lowest BCUT2D eigenvalue weighted by Gasteiger charge is -2.13. The minimum Gasteiger partial charge on any atom is -0.494 e. The summed E-state index contributed by atoms with van der Waals surface area (Å²) in [6, 6.07) is 15.9. The van der Waals surface area contributed by atoms with Gasteiger partial charge in [-0.3, -0.25) is 0 Å². The summed E-state index contributed by atoms with van der Waals surface area (Å²) in [6.45, 7) is 6.34. The van der Waals surface area contributed by atoms with Crippen LogP contribution in [0.3, 0.4) is 0 Å². The third-order valence-electron chi connectivity index (χ3n) is 4.99. The van der Waals surface area contributed by atoms with E-state index in [1.54, 1.807) is 36.5 Å². The Morgan fingerprint density at radius 3 is 2.54 bits per heavy atom. The Morgan fingerprint density at radius 2 is 1.77 bits per heavy atom. The van der Waals surface area contributed by atoms with Crippen LogP contribution in [0.5, 0.6) is 17.4 Å². The predicted molar refractivity (Wildman–Crippen MR) is 134 cm³/mol. The fourth-order valence-electron chi connectivity index (χ4n) is 3.34. The number of aromatic nitrogens is 4. The van der Waals surface area contributed by atoms with Gasteiger partial charge >= 0.3 is 6.03 Å². The molecule has 2 amide bonds. The van der Waals surface area contributed by atoms with Crippen LogP contribution in [-0.2, 0) is 6.42 Å². The van der Waals surface area contributed by atoms with Gasteiger partial charge in [-0.25, -0.2) is 24.7 Å². The van der Waals surface area contributed by atoms with Gasteiger partial charge in [-0.15, -0.1) is 0 Å². The first-order chi connectivity index (χ1) is 17.1. The first-order valence-corrected chi connectivity index (χ1v) is 11.3. The second-order valence-electron chi connectivity index (χ2n) is 7.56. The highest BCUT2D eigenvalue weighted by Crippen LogP contribution is 2.32. The van der Waals surface area contributed by atoms with Gasteiger partial charge in [-0.1, -0.05) is 13.0 Å². The molecule has 9 nitrogen and oxygen atoms in total. The maximum atomic E-state index is 12.5. The Labute approximate surface area is 203 Å². The lowest BCUT2D eigenvalue weighted by Crippen LogP contribution is -2.19. The monoisotopic (exact) mass is 470 g/mol. The second-order valence-corrected chi connectivity index (χ2v) is 7.56. The smallest absolute Gasteiger partial charge is 0.323 e. The molecule has 2 aromatic carbocycles. The average Bonchev–Trinajstić information content (AvgIpc) is 2.86. The van der Waals surface area contributed by atoms with Crippen LogP contribution < -0.4 is 20.1 Å². The number of pyridine rings is 1. The van der Waals surface area contributed by atoms with Gasteiger partial charge in [0.05, 0.1) is 12.2 Å². The van der Waals surface area contributed by atoms with E-state index < -0.39 is 0 Å². The van der Waals surface area contributed by atoms with Gasteiger partial charge in [-0.05, 0) is 61.9 Å². The number of hydrogen-bond acceptors (Lipinski definition) is 7. The van der Waals surface area contributed by atoms with E-state index in [2.05, 4.69) is 30.6 Å². The number of urea groups is 1. The van der Waals surface area contributed by atoms with Crippen molar-refractivity contribution < 1.29 is 14.3 Å². The number of hydrogen-bond donors (Lipinski definition) is 2. The maximum absolute atomic E-state index is 12.5. The minimum atomic E-state index is -0.361. The number of nitrogens with one attached hydrogen (secondary N) is 2. The van der Waals surface area contributed by atoms with E-state index in [0.717, 1.165) is 5.56 Å². The number of aryl methyl sites for hydroxylation is 2. The molecule has 0 saturated carbocycles. The van der Waals surface area contributed by atoms with Crippen LogP contribution in [0, 0.1) is 6.92 Å². The van der Waals surface area contributed by atoms with Crippen LogP contribution in [-0.4, -0.2) is 32.6 Å². The third-order valence-corrected chi connectivity index (χ3v) is 4.99. The van der Waals surface area contributed by atoms with Crippen LogP contribution in [0.1, 0.15) is 25.2 Å². The van der Waals surface area contributed by atoms with E-state index in [0.29, 0.717) is 59.0 Å². The van der Waals surface area contributed by atoms with Gasteiger partial charge < -0.3 is 20.1 Å². The van der Waals surface area contributed by atoms with Crippen molar-refractivity contribution in [2.75, 3.05) is 17.2 Å². The van der Waals surface area contributed by atoms with E-state index >= 15 is 0 Å². The molecular weight excluding hydrogens is 444 g/mol. The Balaban J connectivity index is 1.47. The summed E-state index contributed by atoms with van der Waals surface area (Å²) in [5.74, 6) is 2.88. The summed E-state index contributed by atoms with van der Waals surface area (Å²) in [6.07, 6.45) is 3.84. The molecule has 4 rings (SSSR count). The number of ether oxygens (including phenoxy) is 2. The van der Waals surface area contributed by atoms with Crippen molar-refractivity contribution in [2.24, 2.45) is 0 Å². The topological polar surface area (TPSA) is 111 Å². The first-order valence-electron chi connectivity index (χ1n) is 11.3. The van der Waals surface area contributed by atoms with Gasteiger partial charge in [0.15, 0.2) is 5.82 Å². The number of amides is 2. The highest BCUT2D eigenvalue weighted by molar-refractivity contribution is 5.99. The van der Waals surface area contributed by atoms with Crippen molar-refractivity contribution in [2.45, 2.75) is 27.2 Å². The Kier molecular flexibility index (Phi) is 7.47. The molecule has 0 unspecified atom stereocenters. The van der Waals surface area contributed by atoms with Gasteiger partial charge in [0, 0.05) is 30.1 Å². The van der Waals surface area contributed by atoms with Crippen LogP contribution in [0.2, 0.25) is 0 Å². The molecule has 0 spiro atoms. The van der Waals surface area contributed by atoms with Gasteiger partial charge in [0.2, 0.25) is 5.88 Å². The molecule has 0 radical (unpaired) electrons. The van der Waals surface area contributed by atoms with E-state index in [4.69, 9.17) is 9.47 Å². The molecule has 35 heavy (non-hydrogen) atoms. The number of benzene rings is 2. The zero-order valence-electron chi connectivity index (χ0n) is 19.8. The van der Waals surface area contributed by atoms with Crippen LogP contribution in [0.15, 0.2) is 67.1 Å². The fraction of sp³-hybridized carbons (Fsp3) is 0.192. The van der Waals surface area contributed by atoms with E-state index in [1.165, 1.54) is 6.33 Å². The fourth-order valence-corrected chi connectivity index (χ4v) is 3.34. The molecule has 9 heteroatoms. The molecule has 0 aliphatic carbocycles. The Bertz CT molecular complexity index is 1330. The highest BCUT2D eigenvalue weighted by atomic mass is 16.5. The lowest BCUT2D eigenvalue weighted by molar-refractivity contribution is 0.262. The van der Waals surface area contributed by atoms with Gasteiger partial charge in [0.25, 0.3) is 0 Å². The largest absolute Gasteiger partial charge is 0.494 e. The van der Waals surface area contributed by atoms with Crippen LogP contribution in [0.25, 0.3) is 11.4 Å². The summed E-state index contributed by atoms with van der Waals surface area (Å²) in [4.78, 5) is 29.7. The SMILES string of the molecule is CCOc1cccc(NC(=O)Nc2ccc(Oc3ncccc3-c3ncnc(CC)n3)c(C)c2)c1. The molecule has 0 atom stereocenters. The summed E-state index contributed by atoms with van der Waals surface area (Å²) < 4.78 is 11.6. The molecule has 2 aromatic heterocycles. The molecule has 2 heterocycles. The number of nitrogens with zero attached hydrogens (tertiary/aromatic N) is 4. The minimum absolute atomic E-state index is 0.361. The Hall–Kier alpha value is -4.53. The summed E-state index contributed by atoms with van der Waals surface area (Å²) in [5, 5.41) is 5.64. The molecule has 4 aromatic rings. The Morgan fingerprint density at radius 1 is 0.943 bits per heavy atom. The number of anilines is 2. The summed E-state index contributed by atoms with van der Waals surface area (Å²) in [7, 11) is 0. The number of carbonyl (C=O) groups excluding carboxylic acids is 1. The van der Waals surface area contributed by atoms with Crippen LogP contribution >= 0.6 is 0 Å². The first kappa shape index (κ1) is 23.6. The zero-order valence-corrected chi connectivity index (χ0v) is 19.8. The molecule has 0 bridgehead atoms. The standard InChI is InChI=1S/C26H26N6O3/c1-4-23-28-16-29-24(32-23)21-10-7-13-27-25(21)35-22-12-11-19(14-17(22)3)31-26(33)30-18-8-6-9-20(15-18)34-5-2/h6-16H,4-5H2,1-3H3,(H2,30,31,33). The van der Waals surface area contributed by atoms with E-state index in [9.17, 15) is 4.79 Å². The maximum Gasteiger partial charge on any atom is 0.323 e. The molecule has 0 saturated heterocycles. The van der Waals surface area contributed by atoms with Crippen LogP contribution in [0.4, 0.5) is 16.2 Å². The zero-order chi connectivity index (χ0) is 24.6. The third kappa shape index (κ3) is 6.08. The van der Waals surface area contributed by atoms with Crippen molar-refractivity contribution in [3.8, 4) is 28.8 Å². The van der Waals surface area contributed by atoms with Gasteiger partial charge in [0.1, 0.15) is 23.7 Å². The van der Waals surface area contributed by atoms with Crippen molar-refractivity contribution >= 4 is 17.4 Å². The van der Waals surface area contributed by atoms with Crippen molar-refractivity contribution in [1.82, 2.24) is 19.9 Å². The molecule has 0 aliphatic heterocycles. The molecule has 2 N–H and O–H groups in total. The van der Waals surface area contributed by atoms with Crippen molar-refractivity contribution in [3.63, 3.8) is 0 Å². The summed E-state index contributed by atoms with van der Waals surface area (Å²) >= 11 is 0. The molecule has 178 valence electrons. The normalized spacial score (nSPS) is 10.5. The quantitative estimate of drug-likeness (QED) is 0.343. The van der Waals surface area contributed by atoms with E-state index in [1.807, 2.05) is 45.0 Å². The summed E-state index contributed by atoms with van der Waals surface area (Å²) in [5.41, 5.74) is 2.75. The van der Waals surface area contributed by atoms with Crippen molar-refractivity contribution in [3.05, 3.63) is 78.5 Å². The molecule has 0 aliphatic rings. The van der Waals surface area contributed by atoms with Crippen molar-refractivity contribution in [1.29, 1.82) is 0 Å². The highest BCUT2D eigenvalue weighted by Gasteiger charge is 2.14. The second kappa shape index (κ2) is 11.1. The predicted octanol–water partition coefficient (Wildman–Crippen LogP) is 5.64. The average molecular weight is 471 g/mol. The van der Waals surface area contributed by atoms with E-state index in [-0.39, 0.29) is 6.03 Å². The number of rotatable bonds is 8. The number of carbonyl (C=O) groups is 1. The molecule has 0 fully saturated rings. The molecular formula is C26H26N6O3. The van der Waals surface area contributed by atoms with Gasteiger partial charge in [-0.2, -0.15) is 0 Å². The lowest BCUT2D eigenvalue weighted by atomic mass is 10.2.